The molecule has 0 fully saturated rings. The summed E-state index contributed by atoms with van der Waals surface area (Å²) in [5, 5.41) is 23.9. The molecule has 9 nitrogen and oxygen atoms in total. The fourth-order valence-electron chi connectivity index (χ4n) is 4.70. The smallest absolute Gasteiger partial charge is 0.342 e. The Morgan fingerprint density at radius 1 is 1.27 bits per heavy atom. The van der Waals surface area contributed by atoms with E-state index in [1.54, 1.807) is 6.20 Å². The van der Waals surface area contributed by atoms with Gasteiger partial charge in [-0.05, 0) is 43.9 Å². The zero-order chi connectivity index (χ0) is 26.7. The molecule has 37 heavy (non-hydrogen) atoms. The third kappa shape index (κ3) is 5.30. The molecule has 0 saturated carbocycles. The number of hydrogen-bond donors (Lipinski definition) is 4. The highest BCUT2D eigenvalue weighted by molar-refractivity contribution is 5.98. The maximum absolute atomic E-state index is 12.6. The van der Waals surface area contributed by atoms with E-state index in [2.05, 4.69) is 10.3 Å². The number of amides is 1. The molecule has 0 unspecified atom stereocenters. The van der Waals surface area contributed by atoms with Crippen molar-refractivity contribution in [1.82, 2.24) is 10.3 Å². The van der Waals surface area contributed by atoms with Crippen LogP contribution in [0.3, 0.4) is 0 Å². The largest absolute Gasteiger partial charge is 0.507 e. The second-order valence-corrected chi connectivity index (χ2v) is 9.19. The van der Waals surface area contributed by atoms with Gasteiger partial charge in [0.2, 0.25) is 5.91 Å². The predicted octanol–water partition coefficient (Wildman–Crippen LogP) is 3.94. The van der Waals surface area contributed by atoms with Crippen LogP contribution in [0.4, 0.5) is 0 Å². The maximum Gasteiger partial charge on any atom is 0.342 e. The standard InChI is InChI=1S/C28H30N2O7/c1-15(8-10-19-25(32)24-20(14-37-28(24)35)16(2)26(19)36-3)9-11-23(31)30-22(27(33)34)12-17-13-29-21-7-5-4-6-18(17)21/h4-8,13,22,29,32H,9-12,14H2,1-3H3,(H,30,31)(H,33,34)/b15-8+/t22-/m0/s1. The fourth-order valence-corrected chi connectivity index (χ4v) is 4.70. The lowest BCUT2D eigenvalue weighted by Crippen LogP contribution is -2.42. The van der Waals surface area contributed by atoms with Crippen LogP contribution >= 0.6 is 0 Å². The first-order chi connectivity index (χ1) is 17.7. The maximum atomic E-state index is 12.6. The number of carboxylic acid groups (broad SMARTS) is 1. The number of H-pyrrole nitrogens is 1. The van der Waals surface area contributed by atoms with E-state index in [-0.39, 0.29) is 36.7 Å². The van der Waals surface area contributed by atoms with Crippen molar-refractivity contribution in [3.63, 3.8) is 0 Å². The van der Waals surface area contributed by atoms with Gasteiger partial charge in [-0.1, -0.05) is 29.8 Å². The van der Waals surface area contributed by atoms with Crippen molar-refractivity contribution in [2.45, 2.75) is 52.2 Å². The summed E-state index contributed by atoms with van der Waals surface area (Å²) in [5.74, 6) is -1.67. The average molecular weight is 507 g/mol. The summed E-state index contributed by atoms with van der Waals surface area (Å²) in [4.78, 5) is 39.6. The highest BCUT2D eigenvalue weighted by atomic mass is 16.5. The second-order valence-electron chi connectivity index (χ2n) is 9.19. The van der Waals surface area contributed by atoms with Crippen molar-refractivity contribution >= 4 is 28.7 Å². The fraction of sp³-hybridized carbons (Fsp3) is 0.321. The summed E-state index contributed by atoms with van der Waals surface area (Å²) in [6.45, 7) is 3.77. The number of carboxylic acids is 1. The van der Waals surface area contributed by atoms with E-state index in [0.717, 1.165) is 27.6 Å². The van der Waals surface area contributed by atoms with Crippen LogP contribution < -0.4 is 10.1 Å². The first-order valence-electron chi connectivity index (χ1n) is 12.0. The Morgan fingerprint density at radius 3 is 2.76 bits per heavy atom. The van der Waals surface area contributed by atoms with Gasteiger partial charge in [0.15, 0.2) is 0 Å². The molecule has 4 N–H and O–H groups in total. The van der Waals surface area contributed by atoms with E-state index in [1.807, 2.05) is 44.2 Å². The normalized spacial score (nSPS) is 13.8. The average Bonchev–Trinajstić information content (AvgIpc) is 3.47. The number of aliphatic carboxylic acids is 1. The van der Waals surface area contributed by atoms with Gasteiger partial charge < -0.3 is 30.0 Å². The minimum Gasteiger partial charge on any atom is -0.507 e. The number of ether oxygens (including phenoxy) is 2. The van der Waals surface area contributed by atoms with E-state index in [0.29, 0.717) is 29.7 Å². The van der Waals surface area contributed by atoms with E-state index in [1.165, 1.54) is 7.11 Å². The number of rotatable bonds is 10. The van der Waals surface area contributed by atoms with Crippen molar-refractivity contribution in [2.24, 2.45) is 0 Å². The molecule has 4 rings (SSSR count). The molecule has 2 aromatic carbocycles. The van der Waals surface area contributed by atoms with Crippen molar-refractivity contribution in [3.8, 4) is 11.5 Å². The molecule has 2 heterocycles. The van der Waals surface area contributed by atoms with Gasteiger partial charge in [0.05, 0.1) is 7.11 Å². The van der Waals surface area contributed by atoms with E-state index in [4.69, 9.17) is 9.47 Å². The summed E-state index contributed by atoms with van der Waals surface area (Å²) >= 11 is 0. The van der Waals surface area contributed by atoms with Gasteiger partial charge in [-0.2, -0.15) is 0 Å². The number of benzene rings is 2. The molecule has 0 saturated heterocycles. The van der Waals surface area contributed by atoms with Crippen LogP contribution in [-0.4, -0.2) is 46.2 Å². The molecule has 0 radical (unpaired) electrons. The molecule has 0 aliphatic carbocycles. The molecule has 1 amide bonds. The highest BCUT2D eigenvalue weighted by Crippen LogP contribution is 2.42. The van der Waals surface area contributed by atoms with Gasteiger partial charge in [0.25, 0.3) is 0 Å². The van der Waals surface area contributed by atoms with Crippen molar-refractivity contribution < 1.29 is 34.1 Å². The number of para-hydroxylation sites is 1. The van der Waals surface area contributed by atoms with Gasteiger partial charge in [-0.25, -0.2) is 9.59 Å². The number of cyclic esters (lactones) is 1. The number of aromatic amines is 1. The van der Waals surface area contributed by atoms with Crippen LogP contribution in [0.5, 0.6) is 11.5 Å². The lowest BCUT2D eigenvalue weighted by Gasteiger charge is -2.16. The molecular weight excluding hydrogens is 476 g/mol. The van der Waals surface area contributed by atoms with Crippen molar-refractivity contribution in [3.05, 3.63) is 69.9 Å². The van der Waals surface area contributed by atoms with Gasteiger partial charge in [-0.3, -0.25) is 4.79 Å². The number of aromatic nitrogens is 1. The summed E-state index contributed by atoms with van der Waals surface area (Å²) in [7, 11) is 1.51. The summed E-state index contributed by atoms with van der Waals surface area (Å²) in [6.07, 6.45) is 4.60. The number of fused-ring (bicyclic) bond motifs is 2. The van der Waals surface area contributed by atoms with E-state index in [9.17, 15) is 24.6 Å². The first-order valence-corrected chi connectivity index (χ1v) is 12.0. The van der Waals surface area contributed by atoms with Crippen LogP contribution in [0.2, 0.25) is 0 Å². The molecular formula is C28H30N2O7. The quantitative estimate of drug-likeness (QED) is 0.241. The molecule has 3 aromatic rings. The topological polar surface area (TPSA) is 138 Å². The molecule has 0 spiro atoms. The summed E-state index contributed by atoms with van der Waals surface area (Å²) in [5.41, 5.74) is 4.63. The summed E-state index contributed by atoms with van der Waals surface area (Å²) < 4.78 is 10.6. The molecule has 1 aromatic heterocycles. The number of hydrogen-bond acceptors (Lipinski definition) is 6. The number of carbonyl (C=O) groups excluding carboxylic acids is 2. The van der Waals surface area contributed by atoms with Crippen LogP contribution in [-0.2, 0) is 33.8 Å². The molecule has 1 aliphatic rings. The Labute approximate surface area is 214 Å². The number of nitrogens with one attached hydrogen (secondary N) is 2. The Morgan fingerprint density at radius 2 is 2.03 bits per heavy atom. The minimum absolute atomic E-state index is 0.103. The number of aromatic hydroxyl groups is 1. The van der Waals surface area contributed by atoms with Crippen LogP contribution in [0.15, 0.2) is 42.1 Å². The lowest BCUT2D eigenvalue weighted by molar-refractivity contribution is -0.141. The Hall–Kier alpha value is -4.27. The number of allylic oxidation sites excluding steroid dienone is 2. The van der Waals surface area contributed by atoms with Crippen LogP contribution in [0.1, 0.15) is 52.4 Å². The molecule has 1 atom stereocenters. The number of phenolic OH excluding ortho intramolecular Hbond substituents is 1. The molecule has 9 heteroatoms. The van der Waals surface area contributed by atoms with E-state index >= 15 is 0 Å². The van der Waals surface area contributed by atoms with Crippen molar-refractivity contribution in [2.75, 3.05) is 7.11 Å². The first kappa shape index (κ1) is 25.8. The second kappa shape index (κ2) is 10.8. The zero-order valence-corrected chi connectivity index (χ0v) is 21.0. The third-order valence-corrected chi connectivity index (χ3v) is 6.78. The minimum atomic E-state index is -1.10. The number of carbonyl (C=O) groups is 3. The molecule has 194 valence electrons. The SMILES string of the molecule is COc1c(C)c2c(c(O)c1C/C=C(\C)CCC(=O)N[C@@H](Cc1c[nH]c3ccccc13)C(=O)O)C(=O)OC2. The molecule has 1 aliphatic heterocycles. The highest BCUT2D eigenvalue weighted by Gasteiger charge is 2.32. The number of methoxy groups -OCH3 is 1. The predicted molar refractivity (Wildman–Crippen MR) is 137 cm³/mol. The van der Waals surface area contributed by atoms with Crippen LogP contribution in [0, 0.1) is 6.92 Å². The summed E-state index contributed by atoms with van der Waals surface area (Å²) in [6, 6.07) is 6.55. The Balaban J connectivity index is 1.39. The lowest BCUT2D eigenvalue weighted by atomic mass is 9.94. The monoisotopic (exact) mass is 506 g/mol. The molecule has 0 bridgehead atoms. The number of esters is 1. The van der Waals surface area contributed by atoms with Gasteiger partial charge in [0, 0.05) is 41.1 Å². The Bertz CT molecular complexity index is 1400. The third-order valence-electron chi connectivity index (χ3n) is 6.78. The van der Waals surface area contributed by atoms with Crippen LogP contribution in [0.25, 0.3) is 10.9 Å². The Kier molecular flexibility index (Phi) is 7.52. The number of phenols is 1. The van der Waals surface area contributed by atoms with E-state index < -0.39 is 18.0 Å². The van der Waals surface area contributed by atoms with Gasteiger partial charge >= 0.3 is 11.9 Å². The zero-order valence-electron chi connectivity index (χ0n) is 21.0. The van der Waals surface area contributed by atoms with Gasteiger partial charge in [-0.15, -0.1) is 0 Å². The van der Waals surface area contributed by atoms with Crippen molar-refractivity contribution in [1.29, 1.82) is 0 Å². The van der Waals surface area contributed by atoms with Gasteiger partial charge in [0.1, 0.15) is 29.7 Å².